The fraction of sp³-hybridized carbons (Fsp3) is 0.333. The molecule has 2 rings (SSSR count). The number of ether oxygens (including phenoxy) is 2. The van der Waals surface area contributed by atoms with Gasteiger partial charge in [-0.15, -0.1) is 0 Å². The number of hydrogen-bond acceptors (Lipinski definition) is 6. The second kappa shape index (κ2) is 8.75. The highest BCUT2D eigenvalue weighted by Crippen LogP contribution is 2.25. The topological polar surface area (TPSA) is 98.8 Å². The van der Waals surface area contributed by atoms with Crippen LogP contribution in [0.1, 0.15) is 47.1 Å². The minimum atomic E-state index is -3.84. The summed E-state index contributed by atoms with van der Waals surface area (Å²) in [6.45, 7) is 5.77. The van der Waals surface area contributed by atoms with Crippen molar-refractivity contribution in [1.82, 2.24) is 4.72 Å². The molecule has 0 saturated carbocycles. The van der Waals surface area contributed by atoms with Gasteiger partial charge < -0.3 is 9.47 Å². The second-order valence-corrected chi connectivity index (χ2v) is 9.25. The standard InChI is InChI=1S/C21H25NO6S/c1-21(2,3)16-9-6-14(7-10-16)17(23)13-28-20(24)15-8-11-18(27-5)19(12-15)29(25,26)22-4/h6-12,22H,13H2,1-5H3. The van der Waals surface area contributed by atoms with E-state index in [9.17, 15) is 18.0 Å². The van der Waals surface area contributed by atoms with Crippen LogP contribution < -0.4 is 9.46 Å². The van der Waals surface area contributed by atoms with Gasteiger partial charge in [0, 0.05) is 5.56 Å². The molecule has 0 atom stereocenters. The zero-order valence-electron chi connectivity index (χ0n) is 17.1. The fourth-order valence-electron chi connectivity index (χ4n) is 2.58. The summed E-state index contributed by atoms with van der Waals surface area (Å²) in [5.74, 6) is -1.07. The molecule has 7 nitrogen and oxygen atoms in total. The van der Waals surface area contributed by atoms with Crippen LogP contribution in [0.2, 0.25) is 0 Å². The van der Waals surface area contributed by atoms with Crippen molar-refractivity contribution in [1.29, 1.82) is 0 Å². The molecule has 1 N–H and O–H groups in total. The summed E-state index contributed by atoms with van der Waals surface area (Å²) in [7, 11) is -1.26. The summed E-state index contributed by atoms with van der Waals surface area (Å²) in [5, 5.41) is 0. The molecule has 0 spiro atoms. The quantitative estimate of drug-likeness (QED) is 0.547. The van der Waals surface area contributed by atoms with Crippen molar-refractivity contribution in [2.45, 2.75) is 31.1 Å². The van der Waals surface area contributed by atoms with E-state index in [0.29, 0.717) is 5.56 Å². The highest BCUT2D eigenvalue weighted by Gasteiger charge is 2.21. The lowest BCUT2D eigenvalue weighted by molar-refractivity contribution is 0.0474. The number of hydrogen-bond donors (Lipinski definition) is 1. The Morgan fingerprint density at radius 3 is 2.10 bits per heavy atom. The molecule has 2 aromatic rings. The number of carbonyl (C=O) groups excluding carboxylic acids is 2. The molecule has 0 amide bonds. The number of nitrogens with one attached hydrogen (secondary N) is 1. The lowest BCUT2D eigenvalue weighted by Crippen LogP contribution is -2.20. The van der Waals surface area contributed by atoms with Crippen molar-refractivity contribution < 1.29 is 27.5 Å². The Bertz CT molecular complexity index is 1000. The molecule has 8 heteroatoms. The lowest BCUT2D eigenvalue weighted by atomic mass is 9.86. The summed E-state index contributed by atoms with van der Waals surface area (Å²) in [5.41, 5.74) is 1.48. The predicted octanol–water partition coefficient (Wildman–Crippen LogP) is 2.94. The number of methoxy groups -OCH3 is 1. The molecule has 0 heterocycles. The number of Topliss-reactive ketones (excluding diaryl/α,β-unsaturated/α-hetero) is 1. The van der Waals surface area contributed by atoms with Crippen molar-refractivity contribution in [3.05, 3.63) is 59.2 Å². The van der Waals surface area contributed by atoms with Gasteiger partial charge in [0.25, 0.3) is 0 Å². The highest BCUT2D eigenvalue weighted by molar-refractivity contribution is 7.89. The van der Waals surface area contributed by atoms with Gasteiger partial charge in [0.1, 0.15) is 10.6 Å². The maximum absolute atomic E-state index is 12.3. The van der Waals surface area contributed by atoms with Gasteiger partial charge in [0.2, 0.25) is 10.0 Å². The third-order valence-electron chi connectivity index (χ3n) is 4.36. The van der Waals surface area contributed by atoms with Crippen LogP contribution in [0.5, 0.6) is 5.75 Å². The van der Waals surface area contributed by atoms with Crippen LogP contribution in [-0.2, 0) is 20.2 Å². The van der Waals surface area contributed by atoms with Crippen LogP contribution >= 0.6 is 0 Å². The van der Waals surface area contributed by atoms with E-state index >= 15 is 0 Å². The molecule has 0 aliphatic carbocycles. The van der Waals surface area contributed by atoms with Gasteiger partial charge in [-0.2, -0.15) is 0 Å². The van der Waals surface area contributed by atoms with Crippen LogP contribution in [0.15, 0.2) is 47.4 Å². The van der Waals surface area contributed by atoms with E-state index in [4.69, 9.17) is 9.47 Å². The van der Waals surface area contributed by atoms with Crippen LogP contribution in [0.4, 0.5) is 0 Å². The maximum atomic E-state index is 12.3. The van der Waals surface area contributed by atoms with Crippen molar-refractivity contribution in [2.24, 2.45) is 0 Å². The van der Waals surface area contributed by atoms with E-state index in [1.54, 1.807) is 12.1 Å². The molecule has 0 fully saturated rings. The smallest absolute Gasteiger partial charge is 0.338 e. The summed E-state index contributed by atoms with van der Waals surface area (Å²) < 4.78 is 36.5. The van der Waals surface area contributed by atoms with Crippen LogP contribution in [0.3, 0.4) is 0 Å². The molecule has 0 bridgehead atoms. The van der Waals surface area contributed by atoms with Crippen molar-refractivity contribution in [2.75, 3.05) is 20.8 Å². The Balaban J connectivity index is 2.13. The molecule has 0 aliphatic rings. The molecule has 0 saturated heterocycles. The van der Waals surface area contributed by atoms with Crippen molar-refractivity contribution in [3.63, 3.8) is 0 Å². The van der Waals surface area contributed by atoms with Gasteiger partial charge in [-0.1, -0.05) is 45.0 Å². The third kappa shape index (κ3) is 5.42. The SMILES string of the molecule is CNS(=O)(=O)c1cc(C(=O)OCC(=O)c2ccc(C(C)(C)C)cc2)ccc1OC. The zero-order valence-corrected chi connectivity index (χ0v) is 17.9. The first-order chi connectivity index (χ1) is 13.5. The van der Waals surface area contributed by atoms with E-state index in [2.05, 4.69) is 25.5 Å². The lowest BCUT2D eigenvalue weighted by Gasteiger charge is -2.18. The summed E-state index contributed by atoms with van der Waals surface area (Å²) in [6.07, 6.45) is 0. The van der Waals surface area contributed by atoms with Crippen LogP contribution in [0.25, 0.3) is 0 Å². The Kier molecular flexibility index (Phi) is 6.81. The Labute approximate surface area is 171 Å². The van der Waals surface area contributed by atoms with E-state index in [1.807, 2.05) is 12.1 Å². The Morgan fingerprint density at radius 1 is 1.00 bits per heavy atom. The van der Waals surface area contributed by atoms with E-state index in [-0.39, 0.29) is 27.4 Å². The number of benzene rings is 2. The van der Waals surface area contributed by atoms with Gasteiger partial charge in [-0.25, -0.2) is 17.9 Å². The molecule has 0 radical (unpaired) electrons. The van der Waals surface area contributed by atoms with Gasteiger partial charge >= 0.3 is 5.97 Å². The van der Waals surface area contributed by atoms with Gasteiger partial charge in [-0.05, 0) is 36.2 Å². The first-order valence-corrected chi connectivity index (χ1v) is 10.4. The monoisotopic (exact) mass is 419 g/mol. The first kappa shape index (κ1) is 22.6. The minimum absolute atomic E-state index is 0.00416. The Morgan fingerprint density at radius 2 is 1.59 bits per heavy atom. The molecular formula is C21H25NO6S. The highest BCUT2D eigenvalue weighted by atomic mass is 32.2. The van der Waals surface area contributed by atoms with Crippen molar-refractivity contribution in [3.8, 4) is 5.75 Å². The normalized spacial score (nSPS) is 11.8. The fourth-order valence-corrected chi connectivity index (χ4v) is 3.50. The molecule has 2 aromatic carbocycles. The number of ketones is 1. The van der Waals surface area contributed by atoms with Gasteiger partial charge in [-0.3, -0.25) is 4.79 Å². The van der Waals surface area contributed by atoms with E-state index < -0.39 is 22.6 Å². The predicted molar refractivity (Wildman–Crippen MR) is 109 cm³/mol. The summed E-state index contributed by atoms with van der Waals surface area (Å²) in [4.78, 5) is 24.4. The van der Waals surface area contributed by atoms with Crippen LogP contribution in [-0.4, -0.2) is 40.9 Å². The largest absolute Gasteiger partial charge is 0.495 e. The van der Waals surface area contributed by atoms with Crippen LogP contribution in [0, 0.1) is 0 Å². The minimum Gasteiger partial charge on any atom is -0.495 e. The molecule has 156 valence electrons. The van der Waals surface area contributed by atoms with Crippen molar-refractivity contribution >= 4 is 21.8 Å². The molecule has 0 aliphatic heterocycles. The third-order valence-corrected chi connectivity index (χ3v) is 5.80. The molecule has 29 heavy (non-hydrogen) atoms. The molecule has 0 aromatic heterocycles. The first-order valence-electron chi connectivity index (χ1n) is 8.92. The van der Waals surface area contributed by atoms with E-state index in [1.165, 1.54) is 26.3 Å². The average molecular weight is 419 g/mol. The maximum Gasteiger partial charge on any atom is 0.338 e. The molecular weight excluding hydrogens is 394 g/mol. The average Bonchev–Trinajstić information content (AvgIpc) is 2.70. The molecule has 0 unspecified atom stereocenters. The van der Waals surface area contributed by atoms with Gasteiger partial charge in [0.05, 0.1) is 12.7 Å². The number of sulfonamides is 1. The van der Waals surface area contributed by atoms with Gasteiger partial charge in [0.15, 0.2) is 12.4 Å². The summed E-state index contributed by atoms with van der Waals surface area (Å²) in [6, 6.07) is 11.0. The van der Waals surface area contributed by atoms with E-state index in [0.717, 1.165) is 11.6 Å². The summed E-state index contributed by atoms with van der Waals surface area (Å²) >= 11 is 0. The number of rotatable bonds is 7. The zero-order chi connectivity index (χ0) is 21.8. The second-order valence-electron chi connectivity index (χ2n) is 7.40. The Hall–Kier alpha value is -2.71. The number of carbonyl (C=O) groups is 2. The number of esters is 1.